The summed E-state index contributed by atoms with van der Waals surface area (Å²) >= 11 is 1.65. The molecular formula is C16H33O8S2Si-. The van der Waals surface area contributed by atoms with Crippen LogP contribution in [-0.2, 0) is 32.9 Å². The van der Waals surface area contributed by atoms with Crippen molar-refractivity contribution in [3.05, 3.63) is 0 Å². The molecule has 8 nitrogen and oxygen atoms in total. The molecule has 0 fully saturated rings. The van der Waals surface area contributed by atoms with Crippen molar-refractivity contribution in [2.75, 3.05) is 37.9 Å². The fourth-order valence-corrected chi connectivity index (χ4v) is 6.66. The third-order valence-electron chi connectivity index (χ3n) is 3.38. The first kappa shape index (κ1) is 26.8. The fraction of sp³-hybridized carbons (Fsp3) is 0.938. The molecule has 0 saturated heterocycles. The van der Waals surface area contributed by atoms with Crippen molar-refractivity contribution in [3.63, 3.8) is 0 Å². The number of ether oxygens (including phenoxy) is 1. The Hall–Kier alpha value is -0.173. The number of carbonyl (C=O) groups excluding carboxylic acids is 1. The molecule has 162 valence electrons. The van der Waals surface area contributed by atoms with E-state index in [2.05, 4.69) is 0 Å². The molecule has 0 saturated carbocycles. The summed E-state index contributed by atoms with van der Waals surface area (Å²) in [6, 6.07) is 0.732. The maximum absolute atomic E-state index is 11.7. The molecule has 0 spiro atoms. The van der Waals surface area contributed by atoms with Gasteiger partial charge in [0.15, 0.2) is 0 Å². The molecule has 0 aromatic rings. The van der Waals surface area contributed by atoms with E-state index in [9.17, 15) is 17.8 Å². The van der Waals surface area contributed by atoms with Gasteiger partial charge in [-0.25, -0.2) is 8.42 Å². The van der Waals surface area contributed by atoms with Crippen LogP contribution in [0.25, 0.3) is 0 Å². The molecule has 0 bridgehead atoms. The third kappa shape index (κ3) is 14.5. The van der Waals surface area contributed by atoms with E-state index in [-0.39, 0.29) is 30.7 Å². The summed E-state index contributed by atoms with van der Waals surface area (Å²) < 4.78 is 53.8. The average Bonchev–Trinajstić information content (AvgIpc) is 2.55. The first-order valence-corrected chi connectivity index (χ1v) is 13.9. The Labute approximate surface area is 168 Å². The first-order valence-electron chi connectivity index (χ1n) is 9.30. The molecule has 0 heterocycles. The maximum Gasteiger partial charge on any atom is 0.500 e. The van der Waals surface area contributed by atoms with Crippen molar-refractivity contribution < 1.29 is 35.8 Å². The molecule has 27 heavy (non-hydrogen) atoms. The van der Waals surface area contributed by atoms with Gasteiger partial charge in [-0.2, -0.15) is 11.8 Å². The van der Waals surface area contributed by atoms with Gasteiger partial charge in [0.2, 0.25) is 0 Å². The lowest BCUT2D eigenvalue weighted by molar-refractivity contribution is -0.143. The Morgan fingerprint density at radius 3 is 2.11 bits per heavy atom. The second-order valence-electron chi connectivity index (χ2n) is 5.81. The number of esters is 1. The van der Waals surface area contributed by atoms with Gasteiger partial charge in [-0.15, -0.1) is 0 Å². The highest BCUT2D eigenvalue weighted by atomic mass is 32.2. The number of carbonyl (C=O) groups is 1. The van der Waals surface area contributed by atoms with E-state index in [0.717, 1.165) is 18.2 Å². The SMILES string of the molecule is CCO[Si](CCCSC(C)CC(=O)OCCCS(=O)(=O)[O-])(OCC)OCC. The van der Waals surface area contributed by atoms with Crippen LogP contribution in [-0.4, -0.2) is 70.9 Å². The molecule has 0 N–H and O–H groups in total. The minimum atomic E-state index is -4.26. The molecule has 0 aliphatic heterocycles. The molecule has 0 aromatic heterocycles. The normalized spacial score (nSPS) is 13.5. The highest BCUT2D eigenvalue weighted by molar-refractivity contribution is 7.99. The zero-order chi connectivity index (χ0) is 20.8. The topological polar surface area (TPSA) is 111 Å². The van der Waals surface area contributed by atoms with Crippen LogP contribution in [0.2, 0.25) is 6.04 Å². The standard InChI is InChI=1S/C16H34O8S2Si/c1-5-22-27(23-6-2,24-7-3)13-9-11-25-15(4)14-16(17)21-10-8-12-26(18,19)20/h15H,5-14H2,1-4H3,(H,18,19,20)/p-1. The van der Waals surface area contributed by atoms with Gasteiger partial charge in [0.25, 0.3) is 0 Å². The highest BCUT2D eigenvalue weighted by Gasteiger charge is 2.39. The van der Waals surface area contributed by atoms with Crippen molar-refractivity contribution in [1.82, 2.24) is 0 Å². The predicted molar refractivity (Wildman–Crippen MR) is 107 cm³/mol. The fourth-order valence-electron chi connectivity index (χ4n) is 2.35. The molecule has 0 radical (unpaired) electrons. The quantitative estimate of drug-likeness (QED) is 0.144. The van der Waals surface area contributed by atoms with Crippen molar-refractivity contribution in [1.29, 1.82) is 0 Å². The smallest absolute Gasteiger partial charge is 0.500 e. The number of hydrogen-bond donors (Lipinski definition) is 0. The summed E-state index contributed by atoms with van der Waals surface area (Å²) in [6.07, 6.45) is 1.12. The van der Waals surface area contributed by atoms with Gasteiger partial charge in [0, 0.05) is 36.9 Å². The molecule has 0 aliphatic rings. The van der Waals surface area contributed by atoms with Crippen molar-refractivity contribution in [2.45, 2.75) is 58.3 Å². The van der Waals surface area contributed by atoms with Gasteiger partial charge >= 0.3 is 14.8 Å². The summed E-state index contributed by atoms with van der Waals surface area (Å²) in [6.45, 7) is 9.31. The van der Waals surface area contributed by atoms with Gasteiger partial charge < -0.3 is 22.6 Å². The number of rotatable bonds is 17. The highest BCUT2D eigenvalue weighted by Crippen LogP contribution is 2.22. The number of thioether (sulfide) groups is 1. The summed E-state index contributed by atoms with van der Waals surface area (Å²) in [5, 5.41) is 0.0723. The van der Waals surface area contributed by atoms with Crippen LogP contribution in [0.3, 0.4) is 0 Å². The van der Waals surface area contributed by atoms with Crippen LogP contribution >= 0.6 is 11.8 Å². The van der Waals surface area contributed by atoms with E-state index in [1.165, 1.54) is 0 Å². The van der Waals surface area contributed by atoms with E-state index in [0.29, 0.717) is 19.8 Å². The molecule has 0 rings (SSSR count). The molecule has 11 heteroatoms. The Kier molecular flexibility index (Phi) is 14.7. The maximum atomic E-state index is 11.7. The predicted octanol–water partition coefficient (Wildman–Crippen LogP) is 2.42. The lowest BCUT2D eigenvalue weighted by atomic mass is 10.3. The Balaban J connectivity index is 4.08. The van der Waals surface area contributed by atoms with E-state index in [1.807, 2.05) is 27.7 Å². The molecule has 0 aliphatic carbocycles. The lowest BCUT2D eigenvalue weighted by Crippen LogP contribution is -2.46. The van der Waals surface area contributed by atoms with Crippen molar-refractivity contribution in [2.24, 2.45) is 0 Å². The van der Waals surface area contributed by atoms with E-state index in [1.54, 1.807) is 11.8 Å². The summed E-state index contributed by atoms with van der Waals surface area (Å²) in [5.74, 6) is -0.0689. The second-order valence-corrected chi connectivity index (χ2v) is 11.6. The zero-order valence-corrected chi connectivity index (χ0v) is 19.4. The lowest BCUT2D eigenvalue weighted by Gasteiger charge is -2.28. The Bertz CT molecular complexity index is 484. The van der Waals surface area contributed by atoms with Crippen LogP contribution in [0.1, 0.15) is 47.0 Å². The Morgan fingerprint density at radius 1 is 1.07 bits per heavy atom. The van der Waals surface area contributed by atoms with E-state index < -0.39 is 24.7 Å². The van der Waals surface area contributed by atoms with Crippen LogP contribution < -0.4 is 0 Å². The van der Waals surface area contributed by atoms with Gasteiger partial charge in [-0.1, -0.05) is 6.92 Å². The molecule has 0 amide bonds. The van der Waals surface area contributed by atoms with Crippen LogP contribution in [0.15, 0.2) is 0 Å². The van der Waals surface area contributed by atoms with Crippen molar-refractivity contribution >= 4 is 36.7 Å². The molecule has 1 unspecified atom stereocenters. The van der Waals surface area contributed by atoms with Crippen LogP contribution in [0.4, 0.5) is 0 Å². The van der Waals surface area contributed by atoms with E-state index >= 15 is 0 Å². The van der Waals surface area contributed by atoms with E-state index in [4.69, 9.17) is 18.0 Å². The third-order valence-corrected chi connectivity index (χ3v) is 8.58. The average molecular weight is 446 g/mol. The second kappa shape index (κ2) is 14.8. The van der Waals surface area contributed by atoms with Crippen LogP contribution in [0.5, 0.6) is 0 Å². The minimum Gasteiger partial charge on any atom is -0.748 e. The van der Waals surface area contributed by atoms with Gasteiger partial charge in [0.05, 0.1) is 23.1 Å². The number of hydrogen-bond acceptors (Lipinski definition) is 9. The van der Waals surface area contributed by atoms with Gasteiger partial charge in [-0.3, -0.25) is 4.79 Å². The first-order chi connectivity index (χ1) is 12.7. The largest absolute Gasteiger partial charge is 0.748 e. The molecule has 0 aromatic carbocycles. The van der Waals surface area contributed by atoms with Gasteiger partial charge in [0.1, 0.15) is 0 Å². The molecule has 1 atom stereocenters. The minimum absolute atomic E-state index is 0.0259. The van der Waals surface area contributed by atoms with Crippen LogP contribution in [0, 0.1) is 0 Å². The van der Waals surface area contributed by atoms with Crippen molar-refractivity contribution in [3.8, 4) is 0 Å². The summed E-state index contributed by atoms with van der Waals surface area (Å²) in [4.78, 5) is 11.7. The molecular weight excluding hydrogens is 412 g/mol. The summed E-state index contributed by atoms with van der Waals surface area (Å²) in [5.41, 5.74) is 0. The zero-order valence-electron chi connectivity index (χ0n) is 16.7. The Morgan fingerprint density at radius 2 is 1.63 bits per heavy atom. The summed E-state index contributed by atoms with van der Waals surface area (Å²) in [7, 11) is -6.87. The van der Waals surface area contributed by atoms with Gasteiger partial charge in [-0.05, 0) is 39.4 Å². The monoisotopic (exact) mass is 445 g/mol.